The van der Waals surface area contributed by atoms with Crippen molar-refractivity contribution in [2.45, 2.75) is 0 Å². The number of hydrogen-bond acceptors (Lipinski definition) is 10. The van der Waals surface area contributed by atoms with Gasteiger partial charge in [-0.15, -0.1) is 0 Å². The fraction of sp³-hybridized carbons (Fsp3) is 0.588. The normalized spacial score (nSPS) is 21.8. The van der Waals surface area contributed by atoms with E-state index in [0.29, 0.717) is 30.4 Å². The maximum Gasteiger partial charge on any atom is 0.230 e. The van der Waals surface area contributed by atoms with E-state index in [0.717, 1.165) is 50.8 Å². The maximum atomic E-state index is 5.61. The van der Waals surface area contributed by atoms with Crippen LogP contribution in [0.15, 0.2) is 12.4 Å². The summed E-state index contributed by atoms with van der Waals surface area (Å²) in [7, 11) is 2.16. The van der Waals surface area contributed by atoms with Crippen LogP contribution in [0.3, 0.4) is 0 Å². The number of nitrogen functional groups attached to an aromatic ring is 1. The molecule has 0 aliphatic carbocycles. The van der Waals surface area contributed by atoms with E-state index in [1.807, 2.05) is 0 Å². The molecule has 0 amide bonds. The van der Waals surface area contributed by atoms with Crippen LogP contribution in [-0.2, 0) is 4.74 Å². The monoisotopic (exact) mass is 369 g/mol. The fourth-order valence-electron chi connectivity index (χ4n) is 4.19. The lowest BCUT2D eigenvalue weighted by Gasteiger charge is -2.59. The molecule has 3 aliphatic heterocycles. The lowest BCUT2D eigenvalue weighted by atomic mass is 9.73. The summed E-state index contributed by atoms with van der Waals surface area (Å²) in [5.41, 5.74) is 6.76. The number of likely N-dealkylation sites (tertiary alicyclic amines) is 1. The van der Waals surface area contributed by atoms with Crippen molar-refractivity contribution >= 4 is 17.8 Å². The zero-order valence-corrected chi connectivity index (χ0v) is 15.4. The van der Waals surface area contributed by atoms with Crippen LogP contribution in [0.25, 0.3) is 11.4 Å². The van der Waals surface area contributed by atoms with Crippen molar-refractivity contribution in [1.82, 2.24) is 29.8 Å². The number of aromatic nitrogens is 5. The Hall–Kier alpha value is -2.59. The molecule has 5 rings (SSSR count). The van der Waals surface area contributed by atoms with Crippen molar-refractivity contribution in [3.8, 4) is 11.4 Å². The van der Waals surface area contributed by atoms with E-state index in [1.54, 1.807) is 12.4 Å². The zero-order chi connectivity index (χ0) is 18.4. The van der Waals surface area contributed by atoms with Crippen LogP contribution in [0.4, 0.5) is 17.8 Å². The van der Waals surface area contributed by atoms with Crippen LogP contribution in [-0.4, -0.2) is 89.3 Å². The predicted molar refractivity (Wildman–Crippen MR) is 100 cm³/mol. The first kappa shape index (κ1) is 16.6. The highest BCUT2D eigenvalue weighted by Crippen LogP contribution is 2.40. The van der Waals surface area contributed by atoms with Gasteiger partial charge in [-0.25, -0.2) is 9.97 Å². The Labute approximate surface area is 157 Å². The summed E-state index contributed by atoms with van der Waals surface area (Å²) in [5.74, 6) is 2.22. The third-order valence-corrected chi connectivity index (χ3v) is 5.38. The van der Waals surface area contributed by atoms with Gasteiger partial charge in [-0.1, -0.05) is 0 Å². The first-order chi connectivity index (χ1) is 13.1. The van der Waals surface area contributed by atoms with Crippen LogP contribution in [0.5, 0.6) is 0 Å². The first-order valence-electron chi connectivity index (χ1n) is 9.20. The molecule has 1 spiro atoms. The molecule has 10 nitrogen and oxygen atoms in total. The highest BCUT2D eigenvalue weighted by molar-refractivity contribution is 5.58. The summed E-state index contributed by atoms with van der Waals surface area (Å²) < 4.78 is 5.46. The van der Waals surface area contributed by atoms with Gasteiger partial charge in [0.05, 0.1) is 18.8 Å². The molecule has 0 bridgehead atoms. The third kappa shape index (κ3) is 3.04. The number of rotatable bonds is 3. The van der Waals surface area contributed by atoms with E-state index in [-0.39, 0.29) is 5.95 Å². The minimum Gasteiger partial charge on any atom is -0.378 e. The molecule has 2 aromatic heterocycles. The van der Waals surface area contributed by atoms with Crippen LogP contribution in [0.2, 0.25) is 0 Å². The minimum atomic E-state index is 0.236. The molecule has 0 aromatic carbocycles. The van der Waals surface area contributed by atoms with Gasteiger partial charge in [-0.05, 0) is 7.05 Å². The van der Waals surface area contributed by atoms with Gasteiger partial charge in [0.25, 0.3) is 0 Å². The van der Waals surface area contributed by atoms with Gasteiger partial charge in [-0.3, -0.25) is 0 Å². The number of nitrogens with zero attached hydrogens (tertiary/aromatic N) is 8. The smallest absolute Gasteiger partial charge is 0.230 e. The van der Waals surface area contributed by atoms with Crippen molar-refractivity contribution in [2.75, 3.05) is 75.1 Å². The Kier molecular flexibility index (Phi) is 3.83. The number of nitrogens with two attached hydrogens (primary N) is 1. The summed E-state index contributed by atoms with van der Waals surface area (Å²) in [6.07, 6.45) is 3.31. The molecule has 10 heteroatoms. The molecule has 2 aromatic rings. The highest BCUT2D eigenvalue weighted by Gasteiger charge is 2.51. The average Bonchev–Trinajstić information content (AvgIpc) is 2.64. The highest BCUT2D eigenvalue weighted by atomic mass is 16.5. The molecular weight excluding hydrogens is 346 g/mol. The van der Waals surface area contributed by atoms with Gasteiger partial charge in [0.1, 0.15) is 0 Å². The van der Waals surface area contributed by atoms with Gasteiger partial charge >= 0.3 is 0 Å². The van der Waals surface area contributed by atoms with Crippen LogP contribution >= 0.6 is 0 Å². The van der Waals surface area contributed by atoms with Gasteiger partial charge in [0.2, 0.25) is 17.8 Å². The van der Waals surface area contributed by atoms with Gasteiger partial charge in [0, 0.05) is 57.1 Å². The average molecular weight is 369 g/mol. The van der Waals surface area contributed by atoms with Crippen molar-refractivity contribution in [2.24, 2.45) is 5.41 Å². The summed E-state index contributed by atoms with van der Waals surface area (Å²) in [6.45, 7) is 7.17. The summed E-state index contributed by atoms with van der Waals surface area (Å²) in [5, 5.41) is 0. The fourth-order valence-corrected chi connectivity index (χ4v) is 4.19. The second kappa shape index (κ2) is 6.24. The summed E-state index contributed by atoms with van der Waals surface area (Å²) in [4.78, 5) is 29.0. The zero-order valence-electron chi connectivity index (χ0n) is 15.4. The van der Waals surface area contributed by atoms with E-state index in [4.69, 9.17) is 20.4 Å². The summed E-state index contributed by atoms with van der Waals surface area (Å²) >= 11 is 0. The summed E-state index contributed by atoms with van der Waals surface area (Å²) in [6, 6.07) is 0. The Morgan fingerprint density at radius 1 is 0.926 bits per heavy atom. The van der Waals surface area contributed by atoms with E-state index < -0.39 is 0 Å². The standard InChI is InChI=1S/C17H23N9O/c1-24-8-17(9-24)10-26(11-17)16-22-13(12-6-19-14(18)20-7-12)21-15(23-16)25-2-4-27-5-3-25/h6-7H,2-5,8-11H2,1H3,(H2,18,19,20). The van der Waals surface area contributed by atoms with Crippen LogP contribution < -0.4 is 15.5 Å². The van der Waals surface area contributed by atoms with Crippen LogP contribution in [0, 0.1) is 5.41 Å². The molecule has 0 radical (unpaired) electrons. The number of hydrogen-bond donors (Lipinski definition) is 1. The Morgan fingerprint density at radius 2 is 1.56 bits per heavy atom. The van der Waals surface area contributed by atoms with E-state index >= 15 is 0 Å². The molecule has 3 aliphatic rings. The molecule has 2 N–H and O–H groups in total. The topological polar surface area (TPSA) is 109 Å². The Balaban J connectivity index is 1.46. The molecule has 3 fully saturated rings. The van der Waals surface area contributed by atoms with Crippen molar-refractivity contribution in [3.63, 3.8) is 0 Å². The molecule has 27 heavy (non-hydrogen) atoms. The lowest BCUT2D eigenvalue weighted by molar-refractivity contribution is -0.00324. The molecular formula is C17H23N9O. The predicted octanol–water partition coefficient (Wildman–Crippen LogP) is -0.501. The molecule has 142 valence electrons. The van der Waals surface area contributed by atoms with Gasteiger partial charge in [0.15, 0.2) is 5.82 Å². The van der Waals surface area contributed by atoms with Crippen molar-refractivity contribution in [3.05, 3.63) is 12.4 Å². The van der Waals surface area contributed by atoms with Gasteiger partial charge < -0.3 is 25.2 Å². The number of ether oxygens (including phenoxy) is 1. The largest absolute Gasteiger partial charge is 0.378 e. The SMILES string of the molecule is CN1CC2(C1)CN(c1nc(-c3cnc(N)nc3)nc(N3CCOCC3)n1)C2. The first-order valence-corrected chi connectivity index (χ1v) is 9.20. The quantitative estimate of drug-likeness (QED) is 0.760. The van der Waals surface area contributed by atoms with E-state index in [2.05, 4.69) is 36.7 Å². The molecule has 0 atom stereocenters. The molecule has 3 saturated heterocycles. The second-order valence-electron chi connectivity index (χ2n) is 7.72. The molecule has 0 unspecified atom stereocenters. The Morgan fingerprint density at radius 3 is 2.19 bits per heavy atom. The lowest BCUT2D eigenvalue weighted by Crippen LogP contribution is -2.71. The van der Waals surface area contributed by atoms with Gasteiger partial charge in [-0.2, -0.15) is 15.0 Å². The second-order valence-corrected chi connectivity index (χ2v) is 7.72. The third-order valence-electron chi connectivity index (χ3n) is 5.38. The van der Waals surface area contributed by atoms with E-state index in [9.17, 15) is 0 Å². The molecule has 5 heterocycles. The van der Waals surface area contributed by atoms with E-state index in [1.165, 1.54) is 0 Å². The van der Waals surface area contributed by atoms with Crippen molar-refractivity contribution < 1.29 is 4.74 Å². The number of morpholine rings is 1. The van der Waals surface area contributed by atoms with Crippen LogP contribution in [0.1, 0.15) is 0 Å². The number of anilines is 3. The maximum absolute atomic E-state index is 5.61. The molecule has 0 saturated carbocycles. The Bertz CT molecular complexity index is 823. The van der Waals surface area contributed by atoms with Crippen molar-refractivity contribution in [1.29, 1.82) is 0 Å². The minimum absolute atomic E-state index is 0.236.